The van der Waals surface area contributed by atoms with Gasteiger partial charge < -0.3 is 4.52 Å². The summed E-state index contributed by atoms with van der Waals surface area (Å²) in [5, 5.41) is 0. The second-order valence-electron chi connectivity index (χ2n) is 5.87. The van der Waals surface area contributed by atoms with Crippen molar-refractivity contribution in [2.75, 3.05) is 0 Å². The van der Waals surface area contributed by atoms with Crippen molar-refractivity contribution in [3.63, 3.8) is 0 Å². The van der Waals surface area contributed by atoms with Crippen molar-refractivity contribution in [1.29, 1.82) is 0 Å². The van der Waals surface area contributed by atoms with Gasteiger partial charge in [0.1, 0.15) is 5.60 Å². The molecule has 1 atom stereocenters. The number of hydrogen-bond donors (Lipinski definition) is 1. The highest BCUT2D eigenvalue weighted by Gasteiger charge is 2.36. The molecular formula is C18H21O5P. The average Bonchev–Trinajstić information content (AvgIpc) is 2.54. The third-order valence-corrected chi connectivity index (χ3v) is 4.69. The van der Waals surface area contributed by atoms with E-state index in [0.29, 0.717) is 5.56 Å². The first-order valence-corrected chi connectivity index (χ1v) is 9.15. The lowest BCUT2D eigenvalue weighted by molar-refractivity contribution is 0.0383. The van der Waals surface area contributed by atoms with Gasteiger partial charge in [-0.05, 0) is 43.5 Å². The number of benzene rings is 2. The molecular weight excluding hydrogens is 327 g/mol. The van der Waals surface area contributed by atoms with Crippen LogP contribution in [0.5, 0.6) is 0 Å². The van der Waals surface area contributed by atoms with Crippen molar-refractivity contribution >= 4 is 13.8 Å². The van der Waals surface area contributed by atoms with Gasteiger partial charge in [0.15, 0.2) is 0 Å². The fraction of sp³-hybridized carbons (Fsp3) is 0.278. The molecule has 0 radical (unpaired) electrons. The first kappa shape index (κ1) is 18.4. The van der Waals surface area contributed by atoms with Crippen molar-refractivity contribution in [2.45, 2.75) is 32.8 Å². The summed E-state index contributed by atoms with van der Waals surface area (Å²) < 4.78 is 22.1. The first-order chi connectivity index (χ1) is 11.2. The van der Waals surface area contributed by atoms with Gasteiger partial charge in [0.2, 0.25) is 0 Å². The smallest absolute Gasteiger partial charge is 0.367 e. The highest BCUT2D eigenvalue weighted by molar-refractivity contribution is 7.48. The van der Waals surface area contributed by atoms with Crippen molar-refractivity contribution in [3.05, 3.63) is 71.3 Å². The fourth-order valence-corrected chi connectivity index (χ4v) is 3.27. The van der Waals surface area contributed by atoms with Gasteiger partial charge >= 0.3 is 13.8 Å². The molecule has 6 heteroatoms. The normalized spacial score (nSPS) is 14.0. The van der Waals surface area contributed by atoms with Crippen LogP contribution in [0.2, 0.25) is 0 Å². The predicted octanol–water partition coefficient (Wildman–Crippen LogP) is 4.46. The number of aryl methyl sites for hydroxylation is 1. The van der Waals surface area contributed by atoms with Gasteiger partial charge in [-0.25, -0.2) is 9.36 Å². The number of hydrogen-bond acceptors (Lipinski definition) is 4. The summed E-state index contributed by atoms with van der Waals surface area (Å²) in [7, 11) is -4.57. The Labute approximate surface area is 141 Å². The van der Waals surface area contributed by atoms with Crippen LogP contribution in [0.4, 0.5) is 0 Å². The zero-order valence-corrected chi connectivity index (χ0v) is 14.8. The van der Waals surface area contributed by atoms with E-state index in [4.69, 9.17) is 9.05 Å². The molecule has 0 bridgehead atoms. The molecule has 24 heavy (non-hydrogen) atoms. The summed E-state index contributed by atoms with van der Waals surface area (Å²) in [5.74, 6) is -0.896. The summed E-state index contributed by atoms with van der Waals surface area (Å²) >= 11 is 0. The molecule has 2 aromatic rings. The molecule has 2 rings (SSSR count). The molecule has 2 aromatic carbocycles. The van der Waals surface area contributed by atoms with Gasteiger partial charge in [-0.1, -0.05) is 49.4 Å². The maximum absolute atomic E-state index is 12.2. The summed E-state index contributed by atoms with van der Waals surface area (Å²) in [6, 6.07) is 15.6. The maximum Gasteiger partial charge on any atom is 0.530 e. The van der Waals surface area contributed by atoms with Crippen molar-refractivity contribution < 1.29 is 23.3 Å². The van der Waals surface area contributed by atoms with Crippen molar-refractivity contribution in [3.8, 4) is 0 Å². The quantitative estimate of drug-likeness (QED) is 0.781. The Morgan fingerprint density at radius 3 is 2.21 bits per heavy atom. The van der Waals surface area contributed by atoms with E-state index in [9.17, 15) is 14.3 Å². The van der Waals surface area contributed by atoms with Gasteiger partial charge in [-0.3, -0.25) is 9.42 Å². The van der Waals surface area contributed by atoms with Crippen LogP contribution in [-0.4, -0.2) is 10.9 Å². The highest BCUT2D eigenvalue weighted by atomic mass is 31.2. The molecule has 1 unspecified atom stereocenters. The molecule has 0 aliphatic heterocycles. The molecule has 0 amide bonds. The van der Waals surface area contributed by atoms with E-state index in [1.165, 1.54) is 0 Å². The van der Waals surface area contributed by atoms with Crippen molar-refractivity contribution in [1.82, 2.24) is 0 Å². The van der Waals surface area contributed by atoms with Gasteiger partial charge in [0, 0.05) is 0 Å². The largest absolute Gasteiger partial charge is 0.530 e. The van der Waals surface area contributed by atoms with Crippen LogP contribution in [0, 0.1) is 0 Å². The molecule has 0 aromatic heterocycles. The maximum atomic E-state index is 12.2. The topological polar surface area (TPSA) is 72.8 Å². The van der Waals surface area contributed by atoms with Crippen LogP contribution in [-0.2, 0) is 25.6 Å². The molecule has 0 spiro atoms. The molecule has 0 aliphatic rings. The van der Waals surface area contributed by atoms with Gasteiger partial charge in [-0.2, -0.15) is 0 Å². The minimum absolute atomic E-state index is 0.197. The van der Waals surface area contributed by atoms with Crippen LogP contribution in [0.1, 0.15) is 42.3 Å². The zero-order chi connectivity index (χ0) is 17.8. The number of phosphoric ester groups is 1. The minimum atomic E-state index is -4.57. The van der Waals surface area contributed by atoms with Gasteiger partial charge in [0.05, 0.1) is 5.56 Å². The standard InChI is InChI=1S/C18H21O5P/c1-4-14-10-12-15(13-11-14)17(19)22-24(20,21)23-18(2,3)16-8-6-5-7-9-16/h5-13H,4H2,1-3H3,(H,20,21). The predicted molar refractivity (Wildman–Crippen MR) is 91.6 cm³/mol. The lowest BCUT2D eigenvalue weighted by atomic mass is 9.99. The third kappa shape index (κ3) is 4.78. The number of rotatable bonds is 6. The summed E-state index contributed by atoms with van der Waals surface area (Å²) in [6.07, 6.45) is 0.836. The fourth-order valence-electron chi connectivity index (χ4n) is 2.23. The Bertz CT molecular complexity index is 738. The van der Waals surface area contributed by atoms with E-state index in [-0.39, 0.29) is 5.56 Å². The Kier molecular flexibility index (Phi) is 5.60. The van der Waals surface area contributed by atoms with E-state index in [1.54, 1.807) is 62.4 Å². The molecule has 128 valence electrons. The molecule has 5 nitrogen and oxygen atoms in total. The number of phosphoric acid groups is 1. The van der Waals surface area contributed by atoms with Crippen LogP contribution in [0.25, 0.3) is 0 Å². The zero-order valence-electron chi connectivity index (χ0n) is 13.9. The molecule has 0 fully saturated rings. The third-order valence-electron chi connectivity index (χ3n) is 3.61. The Hall–Kier alpha value is -1.94. The summed E-state index contributed by atoms with van der Waals surface area (Å²) in [6.45, 7) is 5.26. The second-order valence-corrected chi connectivity index (χ2v) is 7.17. The van der Waals surface area contributed by atoms with Crippen LogP contribution >= 0.6 is 7.82 Å². The molecule has 1 N–H and O–H groups in total. The van der Waals surface area contributed by atoms with Gasteiger partial charge in [-0.15, -0.1) is 0 Å². The Morgan fingerprint density at radius 2 is 1.67 bits per heavy atom. The van der Waals surface area contributed by atoms with E-state index >= 15 is 0 Å². The van der Waals surface area contributed by atoms with Crippen LogP contribution in [0.15, 0.2) is 54.6 Å². The number of carbonyl (C=O) groups excluding carboxylic acids is 1. The molecule has 0 saturated carbocycles. The summed E-state index contributed by atoms with van der Waals surface area (Å²) in [4.78, 5) is 22.0. The molecule has 0 heterocycles. The second kappa shape index (κ2) is 7.31. The van der Waals surface area contributed by atoms with E-state index < -0.39 is 19.4 Å². The first-order valence-electron chi connectivity index (χ1n) is 7.65. The van der Waals surface area contributed by atoms with E-state index in [2.05, 4.69) is 0 Å². The monoisotopic (exact) mass is 348 g/mol. The lowest BCUT2D eigenvalue weighted by Crippen LogP contribution is -2.21. The highest BCUT2D eigenvalue weighted by Crippen LogP contribution is 2.50. The number of carbonyl (C=O) groups is 1. The molecule has 0 aliphatic carbocycles. The van der Waals surface area contributed by atoms with Crippen molar-refractivity contribution in [2.24, 2.45) is 0 Å². The van der Waals surface area contributed by atoms with Gasteiger partial charge in [0.25, 0.3) is 0 Å². The SMILES string of the molecule is CCc1ccc(C(=O)OP(=O)(O)OC(C)(C)c2ccccc2)cc1. The Balaban J connectivity index is 2.09. The van der Waals surface area contributed by atoms with Crippen LogP contribution < -0.4 is 0 Å². The van der Waals surface area contributed by atoms with E-state index in [0.717, 1.165) is 12.0 Å². The van der Waals surface area contributed by atoms with Crippen LogP contribution in [0.3, 0.4) is 0 Å². The Morgan fingerprint density at radius 1 is 1.08 bits per heavy atom. The average molecular weight is 348 g/mol. The lowest BCUT2D eigenvalue weighted by Gasteiger charge is -2.27. The molecule has 0 saturated heterocycles. The summed E-state index contributed by atoms with van der Waals surface area (Å²) in [5.41, 5.74) is 0.864. The minimum Gasteiger partial charge on any atom is -0.367 e. The van der Waals surface area contributed by atoms with E-state index in [1.807, 2.05) is 13.0 Å².